The van der Waals surface area contributed by atoms with Gasteiger partial charge in [-0.1, -0.05) is 32.9 Å². The smallest absolute Gasteiger partial charge is 0.243 e. The lowest BCUT2D eigenvalue weighted by Crippen LogP contribution is -2.52. The first kappa shape index (κ1) is 20.3. The number of benzene rings is 1. The van der Waals surface area contributed by atoms with E-state index in [1.54, 1.807) is 12.1 Å². The Balaban J connectivity index is 1.63. The molecule has 0 aliphatic carbocycles. The third-order valence-electron chi connectivity index (χ3n) is 5.60. The van der Waals surface area contributed by atoms with E-state index >= 15 is 0 Å². The fourth-order valence-corrected chi connectivity index (χ4v) is 5.17. The summed E-state index contributed by atoms with van der Waals surface area (Å²) in [5.41, 5.74) is 1.10. The number of hydrogen-bond donors (Lipinski definition) is 1. The van der Waals surface area contributed by atoms with Crippen LogP contribution in [-0.4, -0.2) is 62.8 Å². The Morgan fingerprint density at radius 1 is 1.00 bits per heavy atom. The van der Waals surface area contributed by atoms with Crippen LogP contribution in [0.5, 0.6) is 0 Å². The van der Waals surface area contributed by atoms with Gasteiger partial charge in [0, 0.05) is 32.1 Å². The second-order valence-electron chi connectivity index (χ2n) is 8.53. The summed E-state index contributed by atoms with van der Waals surface area (Å²) in [5, 5.41) is 3.27. The first-order valence-electron chi connectivity index (χ1n) is 9.80. The van der Waals surface area contributed by atoms with Crippen molar-refractivity contribution in [3.63, 3.8) is 0 Å². The molecule has 0 radical (unpaired) electrons. The number of nitrogens with one attached hydrogen (secondary N) is 1. The molecular weight excluding hydrogens is 362 g/mol. The van der Waals surface area contributed by atoms with E-state index in [0.717, 1.165) is 31.5 Å². The largest absolute Gasteiger partial charge is 0.340 e. The first-order chi connectivity index (χ1) is 12.7. The molecule has 0 bridgehead atoms. The molecule has 6 nitrogen and oxygen atoms in total. The molecule has 1 amide bonds. The van der Waals surface area contributed by atoms with E-state index in [4.69, 9.17) is 0 Å². The van der Waals surface area contributed by atoms with E-state index in [9.17, 15) is 13.2 Å². The van der Waals surface area contributed by atoms with Crippen molar-refractivity contribution in [1.29, 1.82) is 0 Å². The maximum absolute atomic E-state index is 12.9. The molecule has 1 aromatic carbocycles. The summed E-state index contributed by atoms with van der Waals surface area (Å²) in [4.78, 5) is 14.8. The molecule has 2 aliphatic rings. The number of hydrogen-bond acceptors (Lipinski definition) is 4. The van der Waals surface area contributed by atoms with Gasteiger partial charge < -0.3 is 10.2 Å². The molecule has 0 atom stereocenters. The van der Waals surface area contributed by atoms with Gasteiger partial charge in [0.2, 0.25) is 15.9 Å². The lowest BCUT2D eigenvalue weighted by molar-refractivity contribution is -0.137. The Kier molecular flexibility index (Phi) is 5.93. The van der Waals surface area contributed by atoms with Gasteiger partial charge in [0.15, 0.2) is 0 Å². The van der Waals surface area contributed by atoms with Crippen LogP contribution in [0.3, 0.4) is 0 Å². The van der Waals surface area contributed by atoms with Gasteiger partial charge in [-0.25, -0.2) is 8.42 Å². The monoisotopic (exact) mass is 393 g/mol. The molecule has 3 rings (SSSR count). The highest BCUT2D eigenvalue weighted by Gasteiger charge is 2.33. The molecule has 1 N–H and O–H groups in total. The number of nitrogens with zero attached hydrogens (tertiary/aromatic N) is 2. The highest BCUT2D eigenvalue weighted by molar-refractivity contribution is 7.89. The van der Waals surface area contributed by atoms with Gasteiger partial charge in [-0.15, -0.1) is 0 Å². The SMILES string of the molecule is CC(C)(C)c1ccc(S(=O)(=O)N2CCN(C(=O)C3CCNCC3)CC2)cc1. The number of carbonyl (C=O) groups is 1. The Morgan fingerprint density at radius 3 is 2.07 bits per heavy atom. The molecule has 0 spiro atoms. The van der Waals surface area contributed by atoms with Crippen molar-refractivity contribution < 1.29 is 13.2 Å². The summed E-state index contributed by atoms with van der Waals surface area (Å²) in [7, 11) is -3.51. The minimum Gasteiger partial charge on any atom is -0.340 e. The van der Waals surface area contributed by atoms with Crippen molar-refractivity contribution in [3.8, 4) is 0 Å². The lowest BCUT2D eigenvalue weighted by atomic mass is 9.87. The fraction of sp³-hybridized carbons (Fsp3) is 0.650. The van der Waals surface area contributed by atoms with Crippen LogP contribution in [0.15, 0.2) is 29.2 Å². The zero-order chi connectivity index (χ0) is 19.7. The molecule has 27 heavy (non-hydrogen) atoms. The molecule has 2 heterocycles. The average Bonchev–Trinajstić information content (AvgIpc) is 2.67. The average molecular weight is 394 g/mol. The Bertz CT molecular complexity index is 755. The van der Waals surface area contributed by atoms with Gasteiger partial charge in [0.1, 0.15) is 0 Å². The molecule has 0 aromatic heterocycles. The molecule has 0 unspecified atom stereocenters. The minimum absolute atomic E-state index is 0.0110. The van der Waals surface area contributed by atoms with Crippen LogP contribution in [0, 0.1) is 5.92 Å². The summed E-state index contributed by atoms with van der Waals surface area (Å²) < 4.78 is 27.4. The minimum atomic E-state index is -3.51. The zero-order valence-corrected chi connectivity index (χ0v) is 17.4. The first-order valence-corrected chi connectivity index (χ1v) is 11.2. The predicted molar refractivity (Wildman–Crippen MR) is 106 cm³/mol. The molecule has 2 saturated heterocycles. The number of sulfonamides is 1. The van der Waals surface area contributed by atoms with Crippen molar-refractivity contribution in [1.82, 2.24) is 14.5 Å². The fourth-order valence-electron chi connectivity index (χ4n) is 3.75. The van der Waals surface area contributed by atoms with Crippen LogP contribution in [0.1, 0.15) is 39.2 Å². The van der Waals surface area contributed by atoms with Crippen LogP contribution in [0.2, 0.25) is 0 Å². The number of piperazine rings is 1. The third-order valence-corrected chi connectivity index (χ3v) is 7.51. The zero-order valence-electron chi connectivity index (χ0n) is 16.6. The van der Waals surface area contributed by atoms with Crippen molar-refractivity contribution in [3.05, 3.63) is 29.8 Å². The summed E-state index contributed by atoms with van der Waals surface area (Å²) in [5.74, 6) is 0.266. The Hall–Kier alpha value is -1.44. The summed E-state index contributed by atoms with van der Waals surface area (Å²) in [6, 6.07) is 7.18. The van der Waals surface area contributed by atoms with Crippen LogP contribution >= 0.6 is 0 Å². The summed E-state index contributed by atoms with van der Waals surface area (Å²) >= 11 is 0. The third kappa shape index (κ3) is 4.52. The van der Waals surface area contributed by atoms with Crippen LogP contribution in [-0.2, 0) is 20.2 Å². The number of carbonyl (C=O) groups excluding carboxylic acids is 1. The van der Waals surface area contributed by atoms with Crippen molar-refractivity contribution in [2.75, 3.05) is 39.3 Å². The molecular formula is C20H31N3O3S. The predicted octanol–water partition coefficient (Wildman–Crippen LogP) is 1.82. The van der Waals surface area contributed by atoms with E-state index in [2.05, 4.69) is 26.1 Å². The Labute approximate surface area is 163 Å². The number of amides is 1. The highest BCUT2D eigenvalue weighted by Crippen LogP contribution is 2.25. The highest BCUT2D eigenvalue weighted by atomic mass is 32.2. The normalized spacial score (nSPS) is 20.6. The van der Waals surface area contributed by atoms with Crippen LogP contribution in [0.4, 0.5) is 0 Å². The van der Waals surface area contributed by atoms with Crippen LogP contribution in [0.25, 0.3) is 0 Å². The van der Waals surface area contributed by atoms with Gasteiger partial charge >= 0.3 is 0 Å². The Morgan fingerprint density at radius 2 is 1.56 bits per heavy atom. The van der Waals surface area contributed by atoms with E-state index < -0.39 is 10.0 Å². The summed E-state index contributed by atoms with van der Waals surface area (Å²) in [6.07, 6.45) is 1.74. The molecule has 150 valence electrons. The summed E-state index contributed by atoms with van der Waals surface area (Å²) in [6.45, 7) is 9.76. The topological polar surface area (TPSA) is 69.7 Å². The van der Waals surface area contributed by atoms with E-state index in [1.807, 2.05) is 17.0 Å². The van der Waals surface area contributed by atoms with Gasteiger partial charge in [-0.2, -0.15) is 4.31 Å². The standard InChI is InChI=1S/C20H31N3O3S/c1-20(2,3)17-4-6-18(7-5-17)27(25,26)23-14-12-22(13-15-23)19(24)16-8-10-21-11-9-16/h4-7,16,21H,8-15H2,1-3H3. The van der Waals surface area contributed by atoms with Crippen LogP contribution < -0.4 is 5.32 Å². The maximum Gasteiger partial charge on any atom is 0.243 e. The van der Waals surface area contributed by atoms with Crippen molar-refractivity contribution >= 4 is 15.9 Å². The van der Waals surface area contributed by atoms with Crippen molar-refractivity contribution in [2.45, 2.75) is 43.9 Å². The number of piperidine rings is 1. The van der Waals surface area contributed by atoms with E-state index in [0.29, 0.717) is 31.1 Å². The molecule has 2 aliphatic heterocycles. The molecule has 2 fully saturated rings. The number of rotatable bonds is 3. The van der Waals surface area contributed by atoms with Crippen molar-refractivity contribution in [2.24, 2.45) is 5.92 Å². The van der Waals surface area contributed by atoms with E-state index in [-0.39, 0.29) is 17.2 Å². The maximum atomic E-state index is 12.9. The lowest BCUT2D eigenvalue weighted by Gasteiger charge is -2.36. The van der Waals surface area contributed by atoms with E-state index in [1.165, 1.54) is 4.31 Å². The quantitative estimate of drug-likeness (QED) is 0.850. The second kappa shape index (κ2) is 7.89. The molecule has 7 heteroatoms. The second-order valence-corrected chi connectivity index (χ2v) is 10.5. The van der Waals surface area contributed by atoms with Gasteiger partial charge in [-0.3, -0.25) is 4.79 Å². The molecule has 0 saturated carbocycles. The molecule has 1 aromatic rings. The van der Waals surface area contributed by atoms with Gasteiger partial charge in [0.25, 0.3) is 0 Å². The van der Waals surface area contributed by atoms with Gasteiger partial charge in [0.05, 0.1) is 4.90 Å². The van der Waals surface area contributed by atoms with Gasteiger partial charge in [-0.05, 0) is 49.0 Å².